The van der Waals surface area contributed by atoms with Crippen LogP contribution in [0.3, 0.4) is 0 Å². The van der Waals surface area contributed by atoms with E-state index in [1.54, 1.807) is 0 Å². The average Bonchev–Trinajstić information content (AvgIpc) is 2.54. The van der Waals surface area contributed by atoms with Crippen LogP contribution in [-0.2, 0) is 9.53 Å². The summed E-state index contributed by atoms with van der Waals surface area (Å²) in [4.78, 5) is 10.8. The number of hydrogen-bond donors (Lipinski definition) is 6. The molecule has 0 spiro atoms. The van der Waals surface area contributed by atoms with Crippen molar-refractivity contribution in [3.63, 3.8) is 0 Å². The Morgan fingerprint density at radius 2 is 1.81 bits per heavy atom. The summed E-state index contributed by atoms with van der Waals surface area (Å²) in [6.45, 7) is -0.808. The van der Waals surface area contributed by atoms with Gasteiger partial charge >= 0.3 is 5.97 Å². The lowest BCUT2D eigenvalue weighted by molar-refractivity contribution is -0.159. The molecular weight excluding hydrogens is 224 g/mol. The molecule has 1 saturated heterocycles. The molecule has 1 heterocycles. The van der Waals surface area contributed by atoms with Crippen LogP contribution in [0.4, 0.5) is 0 Å². The molecule has 1 aliphatic heterocycles. The maximum atomic E-state index is 10.8. The lowest BCUT2D eigenvalue weighted by atomic mass is 9.99. The number of aliphatic hydroxyl groups excluding tert-OH is 6. The Bertz CT molecular complexity index is 256. The molecular formula is C8H14O8. The third-order valence-electron chi connectivity index (χ3n) is 2.42. The Labute approximate surface area is 90.3 Å². The molecule has 0 aromatic carbocycles. The maximum absolute atomic E-state index is 10.8. The molecule has 1 fully saturated rings. The van der Waals surface area contributed by atoms with Gasteiger partial charge in [-0.1, -0.05) is 0 Å². The van der Waals surface area contributed by atoms with E-state index in [1.165, 1.54) is 0 Å². The van der Waals surface area contributed by atoms with Crippen LogP contribution in [0.1, 0.15) is 0 Å². The molecule has 0 saturated carbocycles. The van der Waals surface area contributed by atoms with E-state index in [4.69, 9.17) is 15.3 Å². The van der Waals surface area contributed by atoms with Crippen LogP contribution in [0.25, 0.3) is 0 Å². The second-order valence-electron chi connectivity index (χ2n) is 3.57. The molecule has 16 heavy (non-hydrogen) atoms. The summed E-state index contributed by atoms with van der Waals surface area (Å²) < 4.78 is 4.42. The highest BCUT2D eigenvalue weighted by atomic mass is 16.6. The Hall–Kier alpha value is -0.770. The zero-order valence-corrected chi connectivity index (χ0v) is 8.17. The molecule has 0 aromatic heterocycles. The topological polar surface area (TPSA) is 148 Å². The Kier molecular flexibility index (Phi) is 4.19. The molecule has 1 unspecified atom stereocenters. The van der Waals surface area contributed by atoms with Gasteiger partial charge in [-0.15, -0.1) is 0 Å². The van der Waals surface area contributed by atoms with E-state index in [0.29, 0.717) is 0 Å². The van der Waals surface area contributed by atoms with E-state index in [0.717, 1.165) is 0 Å². The van der Waals surface area contributed by atoms with Gasteiger partial charge in [-0.3, -0.25) is 0 Å². The van der Waals surface area contributed by atoms with E-state index in [2.05, 4.69) is 4.74 Å². The van der Waals surface area contributed by atoms with Gasteiger partial charge in [-0.05, 0) is 0 Å². The number of aliphatic hydroxyl groups is 6. The minimum Gasteiger partial charge on any atom is -0.455 e. The largest absolute Gasteiger partial charge is 0.455 e. The lowest BCUT2D eigenvalue weighted by Gasteiger charge is -2.26. The molecule has 1 rings (SSSR count). The molecule has 0 aromatic rings. The van der Waals surface area contributed by atoms with Crippen LogP contribution < -0.4 is 0 Å². The number of carbonyl (C=O) groups is 1. The molecule has 8 nitrogen and oxygen atoms in total. The van der Waals surface area contributed by atoms with Gasteiger partial charge in [0.05, 0.1) is 6.61 Å². The van der Waals surface area contributed by atoms with Gasteiger partial charge in [-0.2, -0.15) is 0 Å². The van der Waals surface area contributed by atoms with Crippen molar-refractivity contribution >= 4 is 5.97 Å². The lowest BCUT2D eigenvalue weighted by Crippen LogP contribution is -2.50. The molecule has 0 radical (unpaired) electrons. The molecule has 6 N–H and O–H groups in total. The van der Waals surface area contributed by atoms with Crippen molar-refractivity contribution in [2.75, 3.05) is 6.61 Å². The quantitative estimate of drug-likeness (QED) is 0.269. The van der Waals surface area contributed by atoms with Gasteiger partial charge in [0, 0.05) is 0 Å². The van der Waals surface area contributed by atoms with Crippen LogP contribution in [0.2, 0.25) is 0 Å². The molecule has 0 bridgehead atoms. The van der Waals surface area contributed by atoms with E-state index >= 15 is 0 Å². The number of cyclic esters (lactones) is 1. The van der Waals surface area contributed by atoms with Crippen LogP contribution in [-0.4, -0.2) is 79.8 Å². The van der Waals surface area contributed by atoms with Crippen molar-refractivity contribution in [3.8, 4) is 0 Å². The van der Waals surface area contributed by atoms with Gasteiger partial charge in [-0.25, -0.2) is 4.79 Å². The third kappa shape index (κ3) is 2.32. The third-order valence-corrected chi connectivity index (χ3v) is 2.42. The highest BCUT2D eigenvalue weighted by Crippen LogP contribution is 2.21. The minimum atomic E-state index is -1.81. The molecule has 8 heteroatoms. The SMILES string of the molecule is O=C1OC([C@H](O)[C@@H](O)[C@@H](O)CO)[C@@H](O)[C@H]1O. The fourth-order valence-electron chi connectivity index (χ4n) is 1.39. The van der Waals surface area contributed by atoms with Crippen molar-refractivity contribution in [2.45, 2.75) is 36.6 Å². The summed E-state index contributed by atoms with van der Waals surface area (Å²) in [5.41, 5.74) is 0. The standard InChI is InChI=1S/C8H14O8/c9-1-2(10)3(11)4(12)7-5(13)6(14)8(15)16-7/h2-7,9-14H,1H2/t2-,3-,4+,5-,6+,7?/m0/s1. The summed E-state index contributed by atoms with van der Waals surface area (Å²) in [7, 11) is 0. The molecule has 0 amide bonds. The number of esters is 1. The predicted molar refractivity (Wildman–Crippen MR) is 47.0 cm³/mol. The Morgan fingerprint density at radius 1 is 1.25 bits per heavy atom. The van der Waals surface area contributed by atoms with Crippen LogP contribution in [0, 0.1) is 0 Å². The van der Waals surface area contributed by atoms with E-state index in [1.807, 2.05) is 0 Å². The Balaban J connectivity index is 2.68. The highest BCUT2D eigenvalue weighted by Gasteiger charge is 2.48. The summed E-state index contributed by atoms with van der Waals surface area (Å²) >= 11 is 0. The zero-order valence-electron chi connectivity index (χ0n) is 8.17. The number of rotatable bonds is 4. The summed E-state index contributed by atoms with van der Waals surface area (Å²) in [6, 6.07) is 0. The number of ether oxygens (including phenoxy) is 1. The maximum Gasteiger partial charge on any atom is 0.338 e. The van der Waals surface area contributed by atoms with Crippen LogP contribution in [0.5, 0.6) is 0 Å². The van der Waals surface area contributed by atoms with Crippen molar-refractivity contribution in [1.29, 1.82) is 0 Å². The molecule has 0 aliphatic carbocycles. The monoisotopic (exact) mass is 238 g/mol. The molecule has 1 aliphatic rings. The van der Waals surface area contributed by atoms with E-state index in [9.17, 15) is 20.1 Å². The highest BCUT2D eigenvalue weighted by molar-refractivity contribution is 5.77. The van der Waals surface area contributed by atoms with Crippen molar-refractivity contribution in [3.05, 3.63) is 0 Å². The molecule has 6 atom stereocenters. The van der Waals surface area contributed by atoms with Crippen LogP contribution >= 0.6 is 0 Å². The van der Waals surface area contributed by atoms with E-state index < -0.39 is 49.2 Å². The summed E-state index contributed by atoms with van der Waals surface area (Å²) in [5, 5.41) is 54.6. The smallest absolute Gasteiger partial charge is 0.338 e. The minimum absolute atomic E-state index is 0.808. The van der Waals surface area contributed by atoms with Gasteiger partial charge in [0.1, 0.15) is 24.4 Å². The Morgan fingerprint density at radius 3 is 2.19 bits per heavy atom. The zero-order chi connectivity index (χ0) is 12.5. The first-order valence-electron chi connectivity index (χ1n) is 4.61. The van der Waals surface area contributed by atoms with Gasteiger partial charge in [0.25, 0.3) is 0 Å². The predicted octanol–water partition coefficient (Wildman–Crippen LogP) is -4.29. The van der Waals surface area contributed by atoms with Crippen molar-refractivity contribution < 1.29 is 40.2 Å². The van der Waals surface area contributed by atoms with Gasteiger partial charge < -0.3 is 35.4 Å². The first-order chi connectivity index (χ1) is 7.40. The van der Waals surface area contributed by atoms with Crippen molar-refractivity contribution in [1.82, 2.24) is 0 Å². The van der Waals surface area contributed by atoms with Crippen molar-refractivity contribution in [2.24, 2.45) is 0 Å². The average molecular weight is 238 g/mol. The fraction of sp³-hybridized carbons (Fsp3) is 0.875. The second kappa shape index (κ2) is 5.04. The number of carbonyl (C=O) groups excluding carboxylic acids is 1. The second-order valence-corrected chi connectivity index (χ2v) is 3.57. The normalized spacial score (nSPS) is 35.6. The van der Waals surface area contributed by atoms with Gasteiger partial charge in [0.15, 0.2) is 12.2 Å². The summed E-state index contributed by atoms with van der Waals surface area (Å²) in [6.07, 6.45) is -10.3. The fourth-order valence-corrected chi connectivity index (χ4v) is 1.39. The first kappa shape index (κ1) is 13.3. The van der Waals surface area contributed by atoms with Gasteiger partial charge in [0.2, 0.25) is 0 Å². The first-order valence-corrected chi connectivity index (χ1v) is 4.61. The summed E-state index contributed by atoms with van der Waals surface area (Å²) in [5.74, 6) is -1.12. The molecule has 94 valence electrons. The van der Waals surface area contributed by atoms with Crippen LogP contribution in [0.15, 0.2) is 0 Å². The van der Waals surface area contributed by atoms with E-state index in [-0.39, 0.29) is 0 Å². The number of hydrogen-bond acceptors (Lipinski definition) is 8.